The Morgan fingerprint density at radius 3 is 3.00 bits per heavy atom. The van der Waals surface area contributed by atoms with Gasteiger partial charge in [0.05, 0.1) is 6.26 Å². The maximum absolute atomic E-state index is 11.8. The van der Waals surface area contributed by atoms with Crippen molar-refractivity contribution in [3.8, 4) is 0 Å². The Labute approximate surface area is 160 Å². The molecule has 3 rings (SSSR count). The van der Waals surface area contributed by atoms with E-state index in [0.29, 0.717) is 31.0 Å². The fourth-order valence-electron chi connectivity index (χ4n) is 3.28. The number of hydrogen-bond acceptors (Lipinski definition) is 3. The third-order valence-electron chi connectivity index (χ3n) is 4.41. The number of rotatable bonds is 4. The Morgan fingerprint density at radius 1 is 1.46 bits per heavy atom. The van der Waals surface area contributed by atoms with E-state index in [0.717, 1.165) is 44.2 Å². The van der Waals surface area contributed by atoms with E-state index in [2.05, 4.69) is 24.1 Å². The Kier molecular flexibility index (Phi) is 6.94. The van der Waals surface area contributed by atoms with Gasteiger partial charge in [0.1, 0.15) is 5.76 Å². The molecule has 24 heavy (non-hydrogen) atoms. The normalized spacial score (nSPS) is 21.0. The van der Waals surface area contributed by atoms with Crippen LogP contribution in [0.1, 0.15) is 32.4 Å². The van der Waals surface area contributed by atoms with Crippen LogP contribution >= 0.6 is 24.0 Å². The van der Waals surface area contributed by atoms with Gasteiger partial charge in [0.25, 0.3) is 0 Å². The minimum Gasteiger partial charge on any atom is -0.469 e. The molecular formula is C17H27IN4O2. The number of guanidine groups is 1. The Morgan fingerprint density at radius 2 is 2.29 bits per heavy atom. The molecule has 0 aromatic carbocycles. The third kappa shape index (κ3) is 4.64. The minimum atomic E-state index is 0. The van der Waals surface area contributed by atoms with E-state index in [1.807, 2.05) is 17.0 Å². The lowest BCUT2D eigenvalue weighted by atomic mass is 10.1. The molecule has 134 valence electrons. The summed E-state index contributed by atoms with van der Waals surface area (Å²) in [6.07, 6.45) is 4.17. The number of piperazine rings is 1. The number of aliphatic imine (C=N–C) groups is 1. The monoisotopic (exact) mass is 446 g/mol. The lowest BCUT2D eigenvalue weighted by Crippen LogP contribution is -2.56. The number of furan rings is 1. The Bertz CT molecular complexity index is 559. The second-order valence-corrected chi connectivity index (χ2v) is 6.56. The van der Waals surface area contributed by atoms with Crippen molar-refractivity contribution in [1.29, 1.82) is 0 Å². The zero-order valence-electron chi connectivity index (χ0n) is 14.4. The number of carbonyl (C=O) groups excluding carboxylic acids is 1. The smallest absolute Gasteiger partial charge is 0.223 e. The van der Waals surface area contributed by atoms with Gasteiger partial charge < -0.3 is 19.5 Å². The van der Waals surface area contributed by atoms with Crippen molar-refractivity contribution >= 4 is 35.8 Å². The van der Waals surface area contributed by atoms with E-state index in [4.69, 9.17) is 9.41 Å². The first-order valence-electron chi connectivity index (χ1n) is 8.51. The molecule has 2 aliphatic rings. The summed E-state index contributed by atoms with van der Waals surface area (Å²) in [7, 11) is 0. The predicted octanol–water partition coefficient (Wildman–Crippen LogP) is 2.10. The third-order valence-corrected chi connectivity index (χ3v) is 4.41. The molecule has 7 heteroatoms. The van der Waals surface area contributed by atoms with Gasteiger partial charge in [-0.3, -0.25) is 9.79 Å². The molecule has 2 saturated heterocycles. The van der Waals surface area contributed by atoms with Crippen molar-refractivity contribution in [2.75, 3.05) is 26.2 Å². The van der Waals surface area contributed by atoms with Crippen LogP contribution in [0.2, 0.25) is 0 Å². The molecule has 0 saturated carbocycles. The summed E-state index contributed by atoms with van der Waals surface area (Å²) in [6, 6.07) is 4.57. The van der Waals surface area contributed by atoms with E-state index >= 15 is 0 Å². The maximum atomic E-state index is 11.8. The lowest BCUT2D eigenvalue weighted by molar-refractivity contribution is -0.130. The van der Waals surface area contributed by atoms with Crippen LogP contribution in [0, 0.1) is 0 Å². The fraction of sp³-hybridized carbons (Fsp3) is 0.647. The molecule has 1 aromatic rings. The summed E-state index contributed by atoms with van der Waals surface area (Å²) in [5.74, 6) is 2.22. The molecule has 6 nitrogen and oxygen atoms in total. The van der Waals surface area contributed by atoms with Gasteiger partial charge in [-0.2, -0.15) is 0 Å². The fourth-order valence-corrected chi connectivity index (χ4v) is 3.28. The van der Waals surface area contributed by atoms with Crippen molar-refractivity contribution in [2.24, 2.45) is 4.99 Å². The Balaban J connectivity index is 0.00000208. The average molecular weight is 446 g/mol. The van der Waals surface area contributed by atoms with Gasteiger partial charge in [0, 0.05) is 51.1 Å². The standard InChI is InChI=1S/C17H26N4O2.HI/c1-13(2)19-17(18-8-7-15-4-3-11-23-15)20-9-10-21-14(12-20)5-6-16(21)22;/h3-4,11,13-14H,5-10,12H2,1-2H3,(H,18,19);1H. The van der Waals surface area contributed by atoms with Crippen LogP contribution in [0.3, 0.4) is 0 Å². The number of hydrogen-bond donors (Lipinski definition) is 1. The highest BCUT2D eigenvalue weighted by atomic mass is 127. The maximum Gasteiger partial charge on any atom is 0.223 e. The number of amides is 1. The van der Waals surface area contributed by atoms with E-state index in [1.54, 1.807) is 6.26 Å². The molecule has 1 amide bonds. The number of halogens is 1. The van der Waals surface area contributed by atoms with Crippen molar-refractivity contribution < 1.29 is 9.21 Å². The zero-order chi connectivity index (χ0) is 16.2. The van der Waals surface area contributed by atoms with Crippen LogP contribution in [0.5, 0.6) is 0 Å². The van der Waals surface area contributed by atoms with Crippen molar-refractivity contribution in [3.63, 3.8) is 0 Å². The minimum absolute atomic E-state index is 0. The second kappa shape index (κ2) is 8.73. The quantitative estimate of drug-likeness (QED) is 0.437. The van der Waals surface area contributed by atoms with Gasteiger partial charge in [-0.25, -0.2) is 0 Å². The van der Waals surface area contributed by atoms with Crippen molar-refractivity contribution in [2.45, 2.75) is 45.2 Å². The predicted molar refractivity (Wildman–Crippen MR) is 105 cm³/mol. The number of carbonyl (C=O) groups is 1. The highest BCUT2D eigenvalue weighted by Crippen LogP contribution is 2.22. The van der Waals surface area contributed by atoms with Crippen LogP contribution in [0.25, 0.3) is 0 Å². The molecule has 0 aliphatic carbocycles. The summed E-state index contributed by atoms with van der Waals surface area (Å²) >= 11 is 0. The van der Waals surface area contributed by atoms with Crippen LogP contribution in [0.4, 0.5) is 0 Å². The molecule has 2 fully saturated rings. The van der Waals surface area contributed by atoms with Gasteiger partial charge >= 0.3 is 0 Å². The van der Waals surface area contributed by atoms with Crippen molar-refractivity contribution in [3.05, 3.63) is 24.2 Å². The topological polar surface area (TPSA) is 61.1 Å². The second-order valence-electron chi connectivity index (χ2n) is 6.56. The summed E-state index contributed by atoms with van der Waals surface area (Å²) in [6.45, 7) is 7.48. The summed E-state index contributed by atoms with van der Waals surface area (Å²) in [5.41, 5.74) is 0. The molecular weight excluding hydrogens is 419 g/mol. The van der Waals surface area contributed by atoms with E-state index in [1.165, 1.54) is 0 Å². The zero-order valence-corrected chi connectivity index (χ0v) is 16.7. The highest BCUT2D eigenvalue weighted by Gasteiger charge is 2.36. The van der Waals surface area contributed by atoms with Gasteiger partial charge in [0.2, 0.25) is 5.91 Å². The molecule has 1 aromatic heterocycles. The van der Waals surface area contributed by atoms with Crippen LogP contribution in [0.15, 0.2) is 27.8 Å². The molecule has 0 radical (unpaired) electrons. The summed E-state index contributed by atoms with van der Waals surface area (Å²) in [5, 5.41) is 3.46. The molecule has 1 unspecified atom stereocenters. The molecule has 0 spiro atoms. The van der Waals surface area contributed by atoms with Crippen LogP contribution < -0.4 is 5.32 Å². The van der Waals surface area contributed by atoms with Gasteiger partial charge in [-0.05, 0) is 32.4 Å². The van der Waals surface area contributed by atoms with Gasteiger partial charge in [-0.15, -0.1) is 24.0 Å². The lowest BCUT2D eigenvalue weighted by Gasteiger charge is -2.39. The van der Waals surface area contributed by atoms with Gasteiger partial charge in [-0.1, -0.05) is 0 Å². The summed E-state index contributed by atoms with van der Waals surface area (Å²) < 4.78 is 5.36. The van der Waals surface area contributed by atoms with E-state index < -0.39 is 0 Å². The highest BCUT2D eigenvalue weighted by molar-refractivity contribution is 14.0. The van der Waals surface area contributed by atoms with E-state index in [-0.39, 0.29) is 24.0 Å². The molecule has 1 atom stereocenters. The molecule has 0 bridgehead atoms. The van der Waals surface area contributed by atoms with Crippen LogP contribution in [-0.2, 0) is 11.2 Å². The summed E-state index contributed by atoms with van der Waals surface area (Å²) in [4.78, 5) is 20.9. The average Bonchev–Trinajstić information content (AvgIpc) is 3.16. The molecule has 3 heterocycles. The van der Waals surface area contributed by atoms with Crippen molar-refractivity contribution in [1.82, 2.24) is 15.1 Å². The molecule has 2 aliphatic heterocycles. The number of fused-ring (bicyclic) bond motifs is 1. The Hall–Kier alpha value is -1.25. The number of nitrogens with one attached hydrogen (secondary N) is 1. The van der Waals surface area contributed by atoms with Crippen LogP contribution in [-0.4, -0.2) is 59.9 Å². The largest absolute Gasteiger partial charge is 0.469 e. The first-order valence-corrected chi connectivity index (χ1v) is 8.51. The van der Waals surface area contributed by atoms with Gasteiger partial charge in [0.15, 0.2) is 5.96 Å². The first kappa shape index (κ1) is 19.1. The number of nitrogens with zero attached hydrogens (tertiary/aromatic N) is 3. The first-order chi connectivity index (χ1) is 11.1. The van der Waals surface area contributed by atoms with E-state index in [9.17, 15) is 4.79 Å². The SMILES string of the molecule is CC(C)NC(=NCCc1ccco1)N1CCN2C(=O)CCC2C1.I. The molecule has 1 N–H and O–H groups in total.